The maximum Gasteiger partial charge on any atom is 0.327 e. The van der Waals surface area contributed by atoms with Crippen LogP contribution in [0.3, 0.4) is 0 Å². The maximum absolute atomic E-state index is 12.9. The number of rotatable bonds is 18. The fourth-order valence-electron chi connectivity index (χ4n) is 7.36. The third-order valence-corrected chi connectivity index (χ3v) is 10.9. The van der Waals surface area contributed by atoms with Crippen LogP contribution >= 0.6 is 0 Å². The van der Waals surface area contributed by atoms with Gasteiger partial charge in [-0.3, -0.25) is 9.59 Å². The molecule has 10 heteroatoms. The minimum Gasteiger partial charge on any atom is -0.508 e. The van der Waals surface area contributed by atoms with Gasteiger partial charge in [0.25, 0.3) is 0 Å². The molecule has 2 N–H and O–H groups in total. The number of aromatic nitrogens is 1. The van der Waals surface area contributed by atoms with Crippen molar-refractivity contribution in [3.05, 3.63) is 185 Å². The molecule has 1 atom stereocenters. The van der Waals surface area contributed by atoms with Crippen LogP contribution in [0.15, 0.2) is 146 Å². The van der Waals surface area contributed by atoms with Crippen LogP contribution in [0, 0.1) is 17.9 Å². The number of carbonyl (C=O) groups excluding carboxylic acids is 2. The van der Waals surface area contributed by atoms with Crippen LogP contribution in [-0.4, -0.2) is 49.1 Å². The van der Waals surface area contributed by atoms with Crippen LogP contribution in [0.4, 0.5) is 0 Å². The minimum absolute atomic E-state index is 0.160. The van der Waals surface area contributed by atoms with Gasteiger partial charge in [-0.15, -0.1) is 0 Å². The van der Waals surface area contributed by atoms with E-state index in [1.807, 2.05) is 139 Å². The molecule has 0 saturated carbocycles. The number of pyridine rings is 1. The van der Waals surface area contributed by atoms with E-state index in [2.05, 4.69) is 10.9 Å². The molecular weight excluding hydrogens is 779 g/mol. The number of phenolic OH excluding ortho intramolecular Hbond substituents is 2. The first-order valence-corrected chi connectivity index (χ1v) is 20.3. The summed E-state index contributed by atoms with van der Waals surface area (Å²) >= 11 is 0. The standard InChI is InChI=1S/C52H47N3O7/c1-52(40-15-19-42(56)20-16-40,41-17-21-43(57)22-18-41)26-23-50(58)62-31-10-30-61-32-29-55-27-24-37(25-28-55)33-49(54-2)47-35-44(38-11-6-4-7-12-38)46(48(36-53)51(59)60-3)34-45(47)39-13-8-5-9-14-39/h4-9,11-22,24-25,27-28,33-35,48H,10,23,26,29-32H2,1,3H3,(H-,56,57)/p+1. The maximum atomic E-state index is 12.9. The van der Waals surface area contributed by atoms with Gasteiger partial charge in [0.05, 0.1) is 33.0 Å². The van der Waals surface area contributed by atoms with Gasteiger partial charge < -0.3 is 24.4 Å². The summed E-state index contributed by atoms with van der Waals surface area (Å²) < 4.78 is 18.4. The van der Waals surface area contributed by atoms with E-state index >= 15 is 0 Å². The molecule has 5 aromatic carbocycles. The minimum atomic E-state index is -1.17. The molecule has 0 aliphatic heterocycles. The summed E-state index contributed by atoms with van der Waals surface area (Å²) in [6, 6.07) is 42.6. The Hall–Kier alpha value is -7.53. The van der Waals surface area contributed by atoms with Gasteiger partial charge in [0.15, 0.2) is 30.6 Å². The summed E-state index contributed by atoms with van der Waals surface area (Å²) in [5, 5.41) is 29.8. The first-order valence-electron chi connectivity index (χ1n) is 20.3. The van der Waals surface area contributed by atoms with E-state index in [-0.39, 0.29) is 30.5 Å². The van der Waals surface area contributed by atoms with Crippen LogP contribution in [0.5, 0.6) is 11.5 Å². The van der Waals surface area contributed by atoms with E-state index in [4.69, 9.17) is 20.8 Å². The van der Waals surface area contributed by atoms with Crippen LogP contribution in [0.1, 0.15) is 59.9 Å². The lowest BCUT2D eigenvalue weighted by Crippen LogP contribution is -2.35. The number of hydrogen-bond acceptors (Lipinski definition) is 8. The van der Waals surface area contributed by atoms with Gasteiger partial charge in [-0.05, 0) is 92.9 Å². The third kappa shape index (κ3) is 11.0. The Morgan fingerprint density at radius 2 is 1.39 bits per heavy atom. The zero-order valence-electron chi connectivity index (χ0n) is 34.7. The van der Waals surface area contributed by atoms with Crippen molar-refractivity contribution in [3.8, 4) is 39.8 Å². The highest BCUT2D eigenvalue weighted by Crippen LogP contribution is 2.41. The van der Waals surface area contributed by atoms with E-state index < -0.39 is 17.3 Å². The molecule has 62 heavy (non-hydrogen) atoms. The number of esters is 2. The van der Waals surface area contributed by atoms with E-state index in [0.29, 0.717) is 60.6 Å². The molecular formula is C52H48N3O7+. The summed E-state index contributed by atoms with van der Waals surface area (Å²) in [5.74, 6) is -1.82. The number of hydrogen-bond donors (Lipinski definition) is 2. The number of benzene rings is 5. The van der Waals surface area contributed by atoms with E-state index in [1.54, 1.807) is 24.3 Å². The zero-order valence-corrected chi connectivity index (χ0v) is 34.7. The zero-order chi connectivity index (χ0) is 43.9. The number of aromatic hydroxyl groups is 2. The first-order chi connectivity index (χ1) is 30.1. The second-order valence-corrected chi connectivity index (χ2v) is 14.9. The normalized spacial score (nSPS) is 11.8. The van der Waals surface area contributed by atoms with Crippen LogP contribution < -0.4 is 4.57 Å². The van der Waals surface area contributed by atoms with Gasteiger partial charge in [-0.1, -0.05) is 97.9 Å². The SMILES string of the molecule is [C-]#[N+]C(=Cc1cc[n+](CCOCCCOC(=O)CCC(C)(c2ccc(O)cc2)c2ccc(O)cc2)cc1)c1cc(-c2ccccc2)c(C(C#N)C(=O)OC)cc1-c1ccccc1. The Bertz CT molecular complexity index is 2510. The smallest absolute Gasteiger partial charge is 0.327 e. The number of nitriles is 1. The van der Waals surface area contributed by atoms with Crippen molar-refractivity contribution in [1.29, 1.82) is 5.26 Å². The number of ether oxygens (including phenoxy) is 3. The molecule has 1 heterocycles. The van der Waals surface area contributed by atoms with Crippen LogP contribution in [0.25, 0.3) is 38.9 Å². The summed E-state index contributed by atoms with van der Waals surface area (Å²) in [6.45, 7) is 12.0. The number of methoxy groups -OCH3 is 1. The summed E-state index contributed by atoms with van der Waals surface area (Å²) in [4.78, 5) is 29.6. The predicted octanol–water partition coefficient (Wildman–Crippen LogP) is 9.65. The summed E-state index contributed by atoms with van der Waals surface area (Å²) in [5.41, 5.74) is 6.70. The molecule has 0 spiro atoms. The molecule has 1 unspecified atom stereocenters. The Kier molecular flexibility index (Phi) is 15.0. The molecule has 312 valence electrons. The molecule has 0 aliphatic rings. The largest absolute Gasteiger partial charge is 0.508 e. The van der Waals surface area contributed by atoms with Crippen LogP contribution in [0.2, 0.25) is 0 Å². The second-order valence-electron chi connectivity index (χ2n) is 14.9. The molecule has 6 rings (SSSR count). The van der Waals surface area contributed by atoms with Gasteiger partial charge in [-0.2, -0.15) is 5.26 Å². The average Bonchev–Trinajstić information content (AvgIpc) is 3.31. The van der Waals surface area contributed by atoms with Crippen molar-refractivity contribution in [1.82, 2.24) is 0 Å². The number of carbonyl (C=O) groups is 2. The van der Waals surface area contributed by atoms with Crippen molar-refractivity contribution in [3.63, 3.8) is 0 Å². The molecule has 1 aromatic heterocycles. The predicted molar refractivity (Wildman–Crippen MR) is 237 cm³/mol. The first kappa shape index (κ1) is 44.0. The molecule has 0 fully saturated rings. The number of phenols is 2. The Balaban J connectivity index is 1.06. The fourth-order valence-corrected chi connectivity index (χ4v) is 7.36. The van der Waals surface area contributed by atoms with E-state index in [0.717, 1.165) is 27.8 Å². The topological polar surface area (TPSA) is 134 Å². The highest BCUT2D eigenvalue weighted by molar-refractivity contribution is 5.96. The lowest BCUT2D eigenvalue weighted by Gasteiger charge is -2.31. The van der Waals surface area contributed by atoms with Crippen LogP contribution in [-0.2, 0) is 35.8 Å². The molecule has 0 aliphatic carbocycles. The lowest BCUT2D eigenvalue weighted by atomic mass is 9.73. The third-order valence-electron chi connectivity index (χ3n) is 10.9. The van der Waals surface area contributed by atoms with Crippen molar-refractivity contribution in [2.24, 2.45) is 0 Å². The fraction of sp³-hybridized carbons (Fsp3) is 0.212. The van der Waals surface area contributed by atoms with Crippen molar-refractivity contribution in [2.75, 3.05) is 26.9 Å². The number of nitrogens with zero attached hydrogens (tertiary/aromatic N) is 3. The highest BCUT2D eigenvalue weighted by atomic mass is 16.5. The average molecular weight is 827 g/mol. The summed E-state index contributed by atoms with van der Waals surface area (Å²) in [7, 11) is 1.27. The van der Waals surface area contributed by atoms with E-state index in [9.17, 15) is 25.1 Å². The monoisotopic (exact) mass is 826 g/mol. The second kappa shape index (κ2) is 21.1. The van der Waals surface area contributed by atoms with Gasteiger partial charge >= 0.3 is 11.9 Å². The molecule has 10 nitrogen and oxygen atoms in total. The molecule has 0 bridgehead atoms. The highest BCUT2D eigenvalue weighted by Gasteiger charge is 2.30. The quantitative estimate of drug-likeness (QED) is 0.0379. The Labute approximate surface area is 362 Å². The van der Waals surface area contributed by atoms with Gasteiger partial charge in [-0.25, -0.2) is 9.41 Å². The van der Waals surface area contributed by atoms with Crippen molar-refractivity contribution in [2.45, 2.75) is 44.1 Å². The van der Waals surface area contributed by atoms with Crippen molar-refractivity contribution < 1.29 is 38.6 Å². The lowest BCUT2D eigenvalue weighted by molar-refractivity contribution is -0.698. The Morgan fingerprint density at radius 1 is 0.806 bits per heavy atom. The molecule has 0 saturated heterocycles. The van der Waals surface area contributed by atoms with Gasteiger partial charge in [0.1, 0.15) is 18.1 Å². The van der Waals surface area contributed by atoms with E-state index in [1.165, 1.54) is 7.11 Å². The Morgan fingerprint density at radius 3 is 1.94 bits per heavy atom. The molecule has 0 radical (unpaired) electrons. The molecule has 6 aromatic rings. The summed E-state index contributed by atoms with van der Waals surface area (Å²) in [6.07, 6.45) is 6.88. The van der Waals surface area contributed by atoms with Gasteiger partial charge in [0.2, 0.25) is 0 Å². The molecule has 0 amide bonds. The van der Waals surface area contributed by atoms with Crippen molar-refractivity contribution >= 4 is 23.7 Å². The van der Waals surface area contributed by atoms with Gasteiger partial charge in [0, 0.05) is 30.4 Å².